The Morgan fingerprint density at radius 3 is 2.16 bits per heavy atom. The molecule has 0 heterocycles. The molecule has 0 aliphatic rings. The lowest BCUT2D eigenvalue weighted by molar-refractivity contribution is 0.328. The molecule has 0 aromatic heterocycles. The second-order valence-corrected chi connectivity index (χ2v) is 4.67. The molecule has 98 valence electrons. The molecule has 19 heavy (non-hydrogen) atoms. The summed E-state index contributed by atoms with van der Waals surface area (Å²) < 4.78 is 0. The fourth-order valence-corrected chi connectivity index (χ4v) is 2.25. The average Bonchev–Trinajstić information content (AvgIpc) is 2.40. The van der Waals surface area contributed by atoms with Gasteiger partial charge in [0, 0.05) is 25.3 Å². The summed E-state index contributed by atoms with van der Waals surface area (Å²) in [5.74, 6) is 0. The van der Waals surface area contributed by atoms with Gasteiger partial charge in [-0.15, -0.1) is 13.2 Å². The van der Waals surface area contributed by atoms with Gasteiger partial charge in [-0.2, -0.15) is 0 Å². The Balaban J connectivity index is 2.30. The summed E-state index contributed by atoms with van der Waals surface area (Å²) in [6, 6.07) is 12.5. The Labute approximate surface area is 114 Å². The lowest BCUT2D eigenvalue weighted by Gasteiger charge is -2.20. The van der Waals surface area contributed by atoms with Crippen molar-refractivity contribution in [1.29, 1.82) is 0 Å². The topological polar surface area (TPSA) is 29.3 Å². The first-order chi connectivity index (χ1) is 9.24. The van der Waals surface area contributed by atoms with Crippen molar-refractivity contribution in [3.8, 4) is 0 Å². The van der Waals surface area contributed by atoms with E-state index < -0.39 is 0 Å². The largest absolute Gasteiger partial charge is 0.398 e. The zero-order valence-electron chi connectivity index (χ0n) is 11.2. The van der Waals surface area contributed by atoms with Gasteiger partial charge >= 0.3 is 0 Å². The first-order valence-electron chi connectivity index (χ1n) is 6.46. The molecule has 2 aromatic rings. The average molecular weight is 252 g/mol. The van der Waals surface area contributed by atoms with E-state index in [0.29, 0.717) is 0 Å². The molecule has 0 radical (unpaired) electrons. The molecule has 0 unspecified atom stereocenters. The van der Waals surface area contributed by atoms with E-state index in [4.69, 9.17) is 5.73 Å². The van der Waals surface area contributed by atoms with Crippen LogP contribution in [0.2, 0.25) is 0 Å². The minimum absolute atomic E-state index is 0.814. The molecule has 0 aliphatic carbocycles. The quantitative estimate of drug-likeness (QED) is 0.628. The molecule has 2 N–H and O–H groups in total. The number of nitrogens with zero attached hydrogens (tertiary/aromatic N) is 1. The van der Waals surface area contributed by atoms with E-state index in [-0.39, 0.29) is 0 Å². The molecular weight excluding hydrogens is 232 g/mol. The molecule has 2 heteroatoms. The van der Waals surface area contributed by atoms with Crippen LogP contribution in [0.4, 0.5) is 5.69 Å². The molecule has 0 saturated heterocycles. The van der Waals surface area contributed by atoms with E-state index >= 15 is 0 Å². The summed E-state index contributed by atoms with van der Waals surface area (Å²) >= 11 is 0. The van der Waals surface area contributed by atoms with Crippen molar-refractivity contribution >= 4 is 16.5 Å². The van der Waals surface area contributed by atoms with Crippen LogP contribution in [-0.2, 0) is 6.54 Å². The van der Waals surface area contributed by atoms with Crippen LogP contribution in [0.5, 0.6) is 0 Å². The second kappa shape index (κ2) is 6.21. The number of benzene rings is 2. The molecule has 0 bridgehead atoms. The Bertz CT molecular complexity index is 577. The van der Waals surface area contributed by atoms with Gasteiger partial charge in [0.15, 0.2) is 0 Å². The Hall–Kier alpha value is -2.06. The van der Waals surface area contributed by atoms with Gasteiger partial charge in [0.2, 0.25) is 0 Å². The number of hydrogen-bond donors (Lipinski definition) is 1. The second-order valence-electron chi connectivity index (χ2n) is 4.67. The van der Waals surface area contributed by atoms with Crippen LogP contribution in [0.1, 0.15) is 5.56 Å². The van der Waals surface area contributed by atoms with Crippen LogP contribution in [0, 0.1) is 0 Å². The summed E-state index contributed by atoms with van der Waals surface area (Å²) in [4.78, 5) is 2.25. The number of nitrogen functional groups attached to an aromatic ring is 1. The molecule has 2 nitrogen and oxygen atoms in total. The van der Waals surface area contributed by atoms with Crippen molar-refractivity contribution in [2.24, 2.45) is 0 Å². The van der Waals surface area contributed by atoms with E-state index in [1.807, 2.05) is 30.4 Å². The van der Waals surface area contributed by atoms with Crippen LogP contribution >= 0.6 is 0 Å². The molecule has 2 rings (SSSR count). The van der Waals surface area contributed by atoms with Gasteiger partial charge in [0.1, 0.15) is 0 Å². The molecule has 0 saturated carbocycles. The fraction of sp³-hybridized carbons (Fsp3) is 0.176. The van der Waals surface area contributed by atoms with Crippen LogP contribution in [0.3, 0.4) is 0 Å². The van der Waals surface area contributed by atoms with Gasteiger partial charge in [-0.3, -0.25) is 4.90 Å². The first-order valence-corrected chi connectivity index (χ1v) is 6.46. The Kier molecular flexibility index (Phi) is 4.37. The van der Waals surface area contributed by atoms with Gasteiger partial charge in [0.25, 0.3) is 0 Å². The van der Waals surface area contributed by atoms with Gasteiger partial charge in [-0.1, -0.05) is 36.4 Å². The highest BCUT2D eigenvalue weighted by Gasteiger charge is 2.07. The van der Waals surface area contributed by atoms with E-state index in [2.05, 4.69) is 36.3 Å². The standard InChI is InChI=1S/C17H20N2/c1-3-9-19(10-4-2)13-16-11-14-7-5-6-8-15(14)12-17(16)18/h3-8,11-12H,1-2,9-10,13,18H2. The lowest BCUT2D eigenvalue weighted by atomic mass is 10.0. The SMILES string of the molecule is C=CCN(CC=C)Cc1cc2ccccc2cc1N. The smallest absolute Gasteiger partial charge is 0.0366 e. The highest BCUT2D eigenvalue weighted by atomic mass is 15.1. The monoisotopic (exact) mass is 252 g/mol. The molecule has 0 fully saturated rings. The van der Waals surface area contributed by atoms with E-state index in [1.165, 1.54) is 10.8 Å². The van der Waals surface area contributed by atoms with Gasteiger partial charge in [-0.05, 0) is 28.5 Å². The molecule has 2 aromatic carbocycles. The summed E-state index contributed by atoms with van der Waals surface area (Å²) in [6.45, 7) is 10.1. The molecule has 0 spiro atoms. The predicted molar refractivity (Wildman–Crippen MR) is 84.0 cm³/mol. The van der Waals surface area contributed by atoms with Crippen LogP contribution in [-0.4, -0.2) is 18.0 Å². The fourth-order valence-electron chi connectivity index (χ4n) is 2.25. The van der Waals surface area contributed by atoms with Crippen LogP contribution in [0.25, 0.3) is 10.8 Å². The summed E-state index contributed by atoms with van der Waals surface area (Å²) in [5, 5.41) is 2.41. The Morgan fingerprint density at radius 2 is 1.58 bits per heavy atom. The maximum absolute atomic E-state index is 6.15. The highest BCUT2D eigenvalue weighted by Crippen LogP contribution is 2.23. The minimum atomic E-state index is 0.814. The summed E-state index contributed by atoms with van der Waals surface area (Å²) in [5.41, 5.74) is 8.15. The molecule has 0 amide bonds. The van der Waals surface area contributed by atoms with Crippen molar-refractivity contribution in [1.82, 2.24) is 4.90 Å². The minimum Gasteiger partial charge on any atom is -0.398 e. The normalized spacial score (nSPS) is 10.8. The summed E-state index contributed by atoms with van der Waals surface area (Å²) in [7, 11) is 0. The molecule has 0 atom stereocenters. The third kappa shape index (κ3) is 3.24. The zero-order valence-corrected chi connectivity index (χ0v) is 11.2. The van der Waals surface area contributed by atoms with Gasteiger partial charge in [0.05, 0.1) is 0 Å². The summed E-state index contributed by atoms with van der Waals surface area (Å²) in [6.07, 6.45) is 3.81. The highest BCUT2D eigenvalue weighted by molar-refractivity contribution is 5.86. The van der Waals surface area contributed by atoms with E-state index in [1.54, 1.807) is 0 Å². The van der Waals surface area contributed by atoms with Crippen molar-refractivity contribution in [3.05, 3.63) is 67.3 Å². The van der Waals surface area contributed by atoms with Gasteiger partial charge < -0.3 is 5.73 Å². The number of rotatable bonds is 6. The third-order valence-electron chi connectivity index (χ3n) is 3.18. The predicted octanol–water partition coefficient (Wildman–Crippen LogP) is 3.60. The van der Waals surface area contributed by atoms with Crippen molar-refractivity contribution in [2.75, 3.05) is 18.8 Å². The maximum atomic E-state index is 6.15. The zero-order chi connectivity index (χ0) is 13.7. The number of anilines is 1. The third-order valence-corrected chi connectivity index (χ3v) is 3.18. The van der Waals surface area contributed by atoms with Crippen molar-refractivity contribution < 1.29 is 0 Å². The number of fused-ring (bicyclic) bond motifs is 1. The van der Waals surface area contributed by atoms with Crippen molar-refractivity contribution in [2.45, 2.75) is 6.54 Å². The van der Waals surface area contributed by atoms with Crippen LogP contribution in [0.15, 0.2) is 61.7 Å². The first kappa shape index (κ1) is 13.4. The van der Waals surface area contributed by atoms with E-state index in [0.717, 1.165) is 30.9 Å². The number of nitrogens with two attached hydrogens (primary N) is 1. The van der Waals surface area contributed by atoms with Gasteiger partial charge in [-0.25, -0.2) is 0 Å². The van der Waals surface area contributed by atoms with E-state index in [9.17, 15) is 0 Å². The van der Waals surface area contributed by atoms with Crippen LogP contribution < -0.4 is 5.73 Å². The lowest BCUT2D eigenvalue weighted by Crippen LogP contribution is -2.23. The maximum Gasteiger partial charge on any atom is 0.0366 e. The number of hydrogen-bond acceptors (Lipinski definition) is 2. The molecule has 0 aliphatic heterocycles. The van der Waals surface area contributed by atoms with Crippen molar-refractivity contribution in [3.63, 3.8) is 0 Å². The Morgan fingerprint density at radius 1 is 1.00 bits per heavy atom. The molecular formula is C17H20N2.